The second kappa shape index (κ2) is 3.91. The summed E-state index contributed by atoms with van der Waals surface area (Å²) >= 11 is 0. The third-order valence-electron chi connectivity index (χ3n) is 4.13. The summed E-state index contributed by atoms with van der Waals surface area (Å²) in [6.45, 7) is 1.73. The van der Waals surface area contributed by atoms with Crippen molar-refractivity contribution in [2.24, 2.45) is 5.73 Å². The summed E-state index contributed by atoms with van der Waals surface area (Å²) < 4.78 is 5.74. The molecule has 92 valence electrons. The Hall–Kier alpha value is -1.22. The fraction of sp³-hybridized carbons (Fsp3) is 0.571. The molecule has 1 heterocycles. The predicted octanol–water partition coefficient (Wildman–Crippen LogP) is 2.24. The molecular formula is C14H20N2O. The largest absolute Gasteiger partial charge is 0.490 e. The van der Waals surface area contributed by atoms with Gasteiger partial charge in [0.2, 0.25) is 0 Å². The van der Waals surface area contributed by atoms with Crippen molar-refractivity contribution in [1.82, 2.24) is 0 Å². The van der Waals surface area contributed by atoms with Crippen LogP contribution in [0.4, 0.5) is 5.69 Å². The molecule has 0 aromatic heterocycles. The lowest BCUT2D eigenvalue weighted by Gasteiger charge is -2.30. The minimum absolute atomic E-state index is 0.117. The van der Waals surface area contributed by atoms with E-state index in [0.29, 0.717) is 0 Å². The molecule has 1 saturated carbocycles. The molecule has 1 aromatic carbocycles. The number of nitrogens with two attached hydrogens (primary N) is 1. The Labute approximate surface area is 103 Å². The van der Waals surface area contributed by atoms with Gasteiger partial charge in [0, 0.05) is 12.6 Å². The van der Waals surface area contributed by atoms with E-state index in [1.807, 2.05) is 0 Å². The summed E-state index contributed by atoms with van der Waals surface area (Å²) in [4.78, 5) is 2.24. The third kappa shape index (κ3) is 1.78. The number of benzene rings is 1. The summed E-state index contributed by atoms with van der Waals surface area (Å²) in [7, 11) is 2.11. The highest BCUT2D eigenvalue weighted by molar-refractivity contribution is 5.61. The zero-order chi connectivity index (χ0) is 11.9. The van der Waals surface area contributed by atoms with Crippen LogP contribution in [0.5, 0.6) is 5.75 Å². The Morgan fingerprint density at radius 1 is 1.29 bits per heavy atom. The van der Waals surface area contributed by atoms with E-state index >= 15 is 0 Å². The van der Waals surface area contributed by atoms with E-state index in [9.17, 15) is 0 Å². The van der Waals surface area contributed by atoms with Gasteiger partial charge < -0.3 is 15.4 Å². The van der Waals surface area contributed by atoms with Gasteiger partial charge in [0.1, 0.15) is 12.4 Å². The Balaban J connectivity index is 1.98. The van der Waals surface area contributed by atoms with Crippen molar-refractivity contribution in [2.45, 2.75) is 31.2 Å². The van der Waals surface area contributed by atoms with Gasteiger partial charge in [-0.25, -0.2) is 0 Å². The fourth-order valence-electron chi connectivity index (χ4n) is 2.96. The SMILES string of the molecule is CN1CCOc2cc(C3(N)CCCC3)ccc21. The summed E-state index contributed by atoms with van der Waals surface area (Å²) in [5.74, 6) is 0.993. The Morgan fingerprint density at radius 3 is 2.82 bits per heavy atom. The first kappa shape index (κ1) is 10.9. The lowest BCUT2D eigenvalue weighted by Crippen LogP contribution is -2.34. The van der Waals surface area contributed by atoms with Crippen molar-refractivity contribution >= 4 is 5.69 Å². The number of ether oxygens (including phenoxy) is 1. The lowest BCUT2D eigenvalue weighted by atomic mass is 9.89. The van der Waals surface area contributed by atoms with Gasteiger partial charge in [-0.15, -0.1) is 0 Å². The Kier molecular flexibility index (Phi) is 2.51. The molecule has 1 aliphatic carbocycles. The third-order valence-corrected chi connectivity index (χ3v) is 4.13. The average molecular weight is 232 g/mol. The van der Waals surface area contributed by atoms with Crippen molar-refractivity contribution in [3.63, 3.8) is 0 Å². The van der Waals surface area contributed by atoms with Crippen LogP contribution in [0.1, 0.15) is 31.2 Å². The summed E-state index contributed by atoms with van der Waals surface area (Å²) in [6.07, 6.45) is 4.69. The predicted molar refractivity (Wildman–Crippen MR) is 69.5 cm³/mol. The number of anilines is 1. The molecule has 0 amide bonds. The average Bonchev–Trinajstić information content (AvgIpc) is 2.77. The Bertz CT molecular complexity index is 424. The summed E-state index contributed by atoms with van der Waals surface area (Å²) in [5.41, 5.74) is 8.78. The van der Waals surface area contributed by atoms with Crippen LogP contribution in [0.2, 0.25) is 0 Å². The van der Waals surface area contributed by atoms with Gasteiger partial charge in [0.25, 0.3) is 0 Å². The van der Waals surface area contributed by atoms with E-state index in [-0.39, 0.29) is 5.54 Å². The molecule has 3 nitrogen and oxygen atoms in total. The molecule has 0 spiro atoms. The van der Waals surface area contributed by atoms with Crippen molar-refractivity contribution in [3.05, 3.63) is 23.8 Å². The second-order valence-corrected chi connectivity index (χ2v) is 5.32. The van der Waals surface area contributed by atoms with Gasteiger partial charge in [-0.05, 0) is 30.5 Å². The molecule has 1 aliphatic heterocycles. The number of nitrogens with zero attached hydrogens (tertiary/aromatic N) is 1. The van der Waals surface area contributed by atoms with Gasteiger partial charge in [-0.3, -0.25) is 0 Å². The quantitative estimate of drug-likeness (QED) is 0.807. The molecule has 0 radical (unpaired) electrons. The molecule has 3 rings (SSSR count). The summed E-state index contributed by atoms with van der Waals surface area (Å²) in [5, 5.41) is 0. The number of hydrogen-bond acceptors (Lipinski definition) is 3. The van der Waals surface area contributed by atoms with Crippen LogP contribution in [-0.2, 0) is 5.54 Å². The minimum atomic E-state index is -0.117. The van der Waals surface area contributed by atoms with E-state index in [4.69, 9.17) is 10.5 Å². The number of fused-ring (bicyclic) bond motifs is 1. The van der Waals surface area contributed by atoms with Gasteiger partial charge in [0.05, 0.1) is 12.2 Å². The highest BCUT2D eigenvalue weighted by Crippen LogP contribution is 2.40. The van der Waals surface area contributed by atoms with Crippen LogP contribution in [-0.4, -0.2) is 20.2 Å². The van der Waals surface area contributed by atoms with Gasteiger partial charge in [0.15, 0.2) is 0 Å². The summed E-state index contributed by atoms with van der Waals surface area (Å²) in [6, 6.07) is 6.47. The van der Waals surface area contributed by atoms with E-state index in [2.05, 4.69) is 30.1 Å². The van der Waals surface area contributed by atoms with Crippen LogP contribution in [0.3, 0.4) is 0 Å². The van der Waals surface area contributed by atoms with Crippen molar-refractivity contribution in [2.75, 3.05) is 25.1 Å². The molecule has 17 heavy (non-hydrogen) atoms. The van der Waals surface area contributed by atoms with Gasteiger partial charge >= 0.3 is 0 Å². The highest BCUT2D eigenvalue weighted by Gasteiger charge is 2.32. The van der Waals surface area contributed by atoms with Crippen molar-refractivity contribution < 1.29 is 4.74 Å². The van der Waals surface area contributed by atoms with Crippen LogP contribution in [0.15, 0.2) is 18.2 Å². The minimum Gasteiger partial charge on any atom is -0.490 e. The smallest absolute Gasteiger partial charge is 0.143 e. The first-order valence-corrected chi connectivity index (χ1v) is 6.46. The molecule has 0 bridgehead atoms. The maximum absolute atomic E-state index is 6.48. The van der Waals surface area contributed by atoms with E-state index in [0.717, 1.165) is 31.7 Å². The normalized spacial score (nSPS) is 22.1. The highest BCUT2D eigenvalue weighted by atomic mass is 16.5. The molecule has 3 heteroatoms. The van der Waals surface area contributed by atoms with Crippen molar-refractivity contribution in [3.8, 4) is 5.75 Å². The zero-order valence-electron chi connectivity index (χ0n) is 10.4. The van der Waals surface area contributed by atoms with Crippen LogP contribution < -0.4 is 15.4 Å². The van der Waals surface area contributed by atoms with Gasteiger partial charge in [-0.1, -0.05) is 18.9 Å². The first-order valence-electron chi connectivity index (χ1n) is 6.46. The molecule has 0 unspecified atom stereocenters. The van der Waals surface area contributed by atoms with Gasteiger partial charge in [-0.2, -0.15) is 0 Å². The molecule has 0 saturated heterocycles. The number of hydrogen-bond donors (Lipinski definition) is 1. The monoisotopic (exact) mass is 232 g/mol. The molecule has 1 fully saturated rings. The zero-order valence-corrected chi connectivity index (χ0v) is 10.4. The molecule has 2 N–H and O–H groups in total. The number of rotatable bonds is 1. The van der Waals surface area contributed by atoms with E-state index in [1.165, 1.54) is 24.1 Å². The second-order valence-electron chi connectivity index (χ2n) is 5.32. The van der Waals surface area contributed by atoms with E-state index in [1.54, 1.807) is 0 Å². The number of likely N-dealkylation sites (N-methyl/N-ethyl adjacent to an activating group) is 1. The first-order chi connectivity index (χ1) is 8.19. The van der Waals surface area contributed by atoms with Crippen LogP contribution in [0.25, 0.3) is 0 Å². The Morgan fingerprint density at radius 2 is 2.06 bits per heavy atom. The maximum Gasteiger partial charge on any atom is 0.143 e. The molecule has 2 aliphatic rings. The molecular weight excluding hydrogens is 212 g/mol. The van der Waals surface area contributed by atoms with E-state index < -0.39 is 0 Å². The van der Waals surface area contributed by atoms with Crippen LogP contribution in [0, 0.1) is 0 Å². The standard InChI is InChI=1S/C14H20N2O/c1-16-8-9-17-13-10-11(4-5-12(13)16)14(15)6-2-3-7-14/h4-5,10H,2-3,6-9,15H2,1H3. The molecule has 0 atom stereocenters. The lowest BCUT2D eigenvalue weighted by molar-refractivity contribution is 0.309. The van der Waals surface area contributed by atoms with Crippen molar-refractivity contribution in [1.29, 1.82) is 0 Å². The fourth-order valence-corrected chi connectivity index (χ4v) is 2.96. The molecule has 1 aromatic rings. The topological polar surface area (TPSA) is 38.5 Å². The maximum atomic E-state index is 6.48. The van der Waals surface area contributed by atoms with Crippen LogP contribution >= 0.6 is 0 Å².